The number of nitrogens with zero attached hydrogens (tertiary/aromatic N) is 1. The molecule has 2 heterocycles. The first-order valence-electron chi connectivity index (χ1n) is 4.76. The lowest BCUT2D eigenvalue weighted by Gasteiger charge is -1.98. The predicted molar refractivity (Wildman–Crippen MR) is 60.2 cm³/mol. The Morgan fingerprint density at radius 1 is 1.31 bits per heavy atom. The summed E-state index contributed by atoms with van der Waals surface area (Å²) in [5.41, 5.74) is 1.01. The lowest BCUT2D eigenvalue weighted by atomic mass is 10.2. The highest BCUT2D eigenvalue weighted by Crippen LogP contribution is 2.37. The fourth-order valence-corrected chi connectivity index (χ4v) is 2.28. The maximum Gasteiger partial charge on any atom is 0.231 e. The molecule has 0 spiro atoms. The molecule has 0 fully saturated rings. The van der Waals surface area contributed by atoms with Gasteiger partial charge in [0.05, 0.1) is 12.5 Å². The summed E-state index contributed by atoms with van der Waals surface area (Å²) in [5.74, 6) is 2.19. The Bertz CT molecular complexity index is 524. The van der Waals surface area contributed by atoms with Crippen LogP contribution in [0, 0.1) is 0 Å². The van der Waals surface area contributed by atoms with Gasteiger partial charge in [0.15, 0.2) is 11.5 Å². The van der Waals surface area contributed by atoms with Crippen molar-refractivity contribution in [3.63, 3.8) is 0 Å². The molecule has 0 atom stereocenters. The van der Waals surface area contributed by atoms with E-state index in [1.54, 1.807) is 18.4 Å². The van der Waals surface area contributed by atoms with Crippen LogP contribution in [-0.4, -0.2) is 18.9 Å². The molecule has 16 heavy (non-hydrogen) atoms. The van der Waals surface area contributed by atoms with E-state index in [0.717, 1.165) is 22.1 Å². The van der Waals surface area contributed by atoms with E-state index < -0.39 is 0 Å². The van der Waals surface area contributed by atoms with Crippen LogP contribution in [0.3, 0.4) is 0 Å². The first kappa shape index (κ1) is 9.47. The molecule has 0 unspecified atom stereocenters. The second-order valence-electron chi connectivity index (χ2n) is 3.26. The molecule has 0 aliphatic carbocycles. The lowest BCUT2D eigenvalue weighted by Crippen LogP contribution is -1.92. The zero-order valence-electron chi connectivity index (χ0n) is 8.60. The molecule has 0 bridgehead atoms. The van der Waals surface area contributed by atoms with E-state index in [9.17, 15) is 0 Å². The van der Waals surface area contributed by atoms with Gasteiger partial charge >= 0.3 is 0 Å². The minimum Gasteiger partial charge on any atom is -0.480 e. The van der Waals surface area contributed by atoms with Crippen LogP contribution in [0.5, 0.6) is 17.4 Å². The molecule has 0 saturated heterocycles. The molecular weight excluding hydrogens is 226 g/mol. The molecule has 2 aromatic rings. The van der Waals surface area contributed by atoms with Gasteiger partial charge in [0, 0.05) is 5.56 Å². The number of rotatable bonds is 2. The minimum atomic E-state index is 0.292. The highest BCUT2D eigenvalue weighted by Gasteiger charge is 2.15. The second-order valence-corrected chi connectivity index (χ2v) is 4.12. The van der Waals surface area contributed by atoms with E-state index in [0.29, 0.717) is 12.7 Å². The van der Waals surface area contributed by atoms with Gasteiger partial charge in [-0.05, 0) is 18.2 Å². The van der Waals surface area contributed by atoms with Crippen LogP contribution in [0.4, 0.5) is 0 Å². The number of fused-ring (bicyclic) bond motifs is 1. The summed E-state index contributed by atoms with van der Waals surface area (Å²) in [6.45, 7) is 0.292. The van der Waals surface area contributed by atoms with Gasteiger partial charge in [0.25, 0.3) is 0 Å². The highest BCUT2D eigenvalue weighted by atomic mass is 32.1. The molecule has 1 aliphatic heterocycles. The van der Waals surface area contributed by atoms with Crippen LogP contribution in [-0.2, 0) is 0 Å². The molecule has 0 N–H and O–H groups in total. The molecule has 0 radical (unpaired) electrons. The Kier molecular flexibility index (Phi) is 2.18. The monoisotopic (exact) mass is 235 g/mol. The van der Waals surface area contributed by atoms with Gasteiger partial charge in [-0.1, -0.05) is 0 Å². The van der Waals surface area contributed by atoms with Crippen molar-refractivity contribution in [2.45, 2.75) is 0 Å². The molecule has 0 saturated carbocycles. The maximum atomic E-state index is 5.32. The van der Waals surface area contributed by atoms with Crippen LogP contribution in [0.15, 0.2) is 23.6 Å². The fourth-order valence-electron chi connectivity index (χ4n) is 1.51. The van der Waals surface area contributed by atoms with Crippen LogP contribution in [0.1, 0.15) is 0 Å². The summed E-state index contributed by atoms with van der Waals surface area (Å²) in [7, 11) is 1.61. The average molecular weight is 235 g/mol. The van der Waals surface area contributed by atoms with Gasteiger partial charge in [-0.25, -0.2) is 4.98 Å². The highest BCUT2D eigenvalue weighted by molar-refractivity contribution is 7.13. The Hall–Kier alpha value is -1.75. The Morgan fingerprint density at radius 2 is 2.19 bits per heavy atom. The molecule has 4 nitrogen and oxygen atoms in total. The van der Waals surface area contributed by atoms with E-state index >= 15 is 0 Å². The van der Waals surface area contributed by atoms with E-state index in [-0.39, 0.29) is 0 Å². The molecule has 1 aromatic carbocycles. The Labute approximate surface area is 96.4 Å². The van der Waals surface area contributed by atoms with Crippen molar-refractivity contribution in [3.8, 4) is 28.0 Å². The van der Waals surface area contributed by atoms with Crippen molar-refractivity contribution in [2.75, 3.05) is 13.9 Å². The molecule has 3 rings (SSSR count). The van der Waals surface area contributed by atoms with E-state index in [1.807, 2.05) is 23.6 Å². The molecule has 1 aromatic heterocycles. The summed E-state index contributed by atoms with van der Waals surface area (Å²) in [6.07, 6.45) is 0. The normalized spacial score (nSPS) is 12.8. The number of aromatic nitrogens is 1. The van der Waals surface area contributed by atoms with Gasteiger partial charge in [-0.2, -0.15) is 0 Å². The van der Waals surface area contributed by atoms with Crippen molar-refractivity contribution in [1.82, 2.24) is 4.98 Å². The van der Waals surface area contributed by atoms with Gasteiger partial charge < -0.3 is 14.2 Å². The predicted octanol–water partition coefficient (Wildman–Crippen LogP) is 2.55. The van der Waals surface area contributed by atoms with Gasteiger partial charge in [0.2, 0.25) is 12.7 Å². The van der Waals surface area contributed by atoms with Crippen molar-refractivity contribution >= 4 is 11.3 Å². The first-order valence-corrected chi connectivity index (χ1v) is 5.64. The van der Waals surface area contributed by atoms with Crippen molar-refractivity contribution in [3.05, 3.63) is 23.6 Å². The Morgan fingerprint density at radius 3 is 3.00 bits per heavy atom. The van der Waals surface area contributed by atoms with Crippen molar-refractivity contribution in [1.29, 1.82) is 0 Å². The van der Waals surface area contributed by atoms with Gasteiger partial charge in [-0.15, -0.1) is 11.3 Å². The number of methoxy groups -OCH3 is 1. The van der Waals surface area contributed by atoms with E-state index in [1.165, 1.54) is 0 Å². The quantitative estimate of drug-likeness (QED) is 0.802. The third-order valence-corrected chi connectivity index (χ3v) is 3.18. The topological polar surface area (TPSA) is 40.6 Å². The third kappa shape index (κ3) is 1.49. The van der Waals surface area contributed by atoms with Crippen molar-refractivity contribution < 1.29 is 14.2 Å². The number of hydrogen-bond donors (Lipinski definition) is 0. The number of thiazole rings is 1. The van der Waals surface area contributed by atoms with Crippen LogP contribution >= 0.6 is 11.3 Å². The number of benzene rings is 1. The third-order valence-electron chi connectivity index (χ3n) is 2.31. The second kappa shape index (κ2) is 3.68. The lowest BCUT2D eigenvalue weighted by molar-refractivity contribution is 0.174. The van der Waals surface area contributed by atoms with Gasteiger partial charge in [0.1, 0.15) is 5.01 Å². The SMILES string of the molecule is COc1csc(-c2ccc3c(c2)OCO3)n1. The van der Waals surface area contributed by atoms with Crippen LogP contribution in [0.25, 0.3) is 10.6 Å². The first-order chi connectivity index (χ1) is 7.86. The van der Waals surface area contributed by atoms with E-state index in [4.69, 9.17) is 14.2 Å². The summed E-state index contributed by atoms with van der Waals surface area (Å²) in [6, 6.07) is 5.79. The summed E-state index contributed by atoms with van der Waals surface area (Å²) in [5, 5.41) is 2.79. The molecular formula is C11H9NO3S. The zero-order valence-corrected chi connectivity index (χ0v) is 9.41. The van der Waals surface area contributed by atoms with Crippen LogP contribution < -0.4 is 14.2 Å². The molecule has 1 aliphatic rings. The van der Waals surface area contributed by atoms with Crippen LogP contribution in [0.2, 0.25) is 0 Å². The number of hydrogen-bond acceptors (Lipinski definition) is 5. The van der Waals surface area contributed by atoms with E-state index in [2.05, 4.69) is 4.98 Å². The summed E-state index contributed by atoms with van der Waals surface area (Å²) >= 11 is 1.54. The molecule has 82 valence electrons. The molecule has 0 amide bonds. The van der Waals surface area contributed by atoms with Crippen molar-refractivity contribution in [2.24, 2.45) is 0 Å². The van der Waals surface area contributed by atoms with Gasteiger partial charge in [-0.3, -0.25) is 0 Å². The standard InChI is InChI=1S/C11H9NO3S/c1-13-10-5-16-11(12-10)7-2-3-8-9(4-7)15-6-14-8/h2-5H,6H2,1H3. The zero-order chi connectivity index (χ0) is 11.0. The molecule has 5 heteroatoms. The minimum absolute atomic E-state index is 0.292. The summed E-state index contributed by atoms with van der Waals surface area (Å²) < 4.78 is 15.6. The average Bonchev–Trinajstić information content (AvgIpc) is 2.96. The smallest absolute Gasteiger partial charge is 0.231 e. The maximum absolute atomic E-state index is 5.32. The largest absolute Gasteiger partial charge is 0.480 e. The fraction of sp³-hybridized carbons (Fsp3) is 0.182. The Balaban J connectivity index is 2.00. The number of ether oxygens (including phenoxy) is 3. The summed E-state index contributed by atoms with van der Waals surface area (Å²) in [4.78, 5) is 4.32.